The number of ether oxygens (including phenoxy) is 1. The van der Waals surface area contributed by atoms with Gasteiger partial charge in [0.2, 0.25) is 0 Å². The van der Waals surface area contributed by atoms with E-state index in [9.17, 15) is 0 Å². The van der Waals surface area contributed by atoms with Crippen molar-refractivity contribution in [1.82, 2.24) is 10.2 Å². The number of aromatic amines is 1. The van der Waals surface area contributed by atoms with Crippen molar-refractivity contribution in [1.29, 1.82) is 0 Å². The number of aromatic nitrogens is 2. The molecule has 19 heavy (non-hydrogen) atoms. The molecule has 0 saturated carbocycles. The summed E-state index contributed by atoms with van der Waals surface area (Å²) in [6.07, 6.45) is 0.934. The summed E-state index contributed by atoms with van der Waals surface area (Å²) in [5.41, 5.74) is 3.28. The van der Waals surface area contributed by atoms with Crippen molar-refractivity contribution in [3.63, 3.8) is 0 Å². The quantitative estimate of drug-likeness (QED) is 0.936. The van der Waals surface area contributed by atoms with Gasteiger partial charge < -0.3 is 9.64 Å². The number of hydrogen-bond acceptors (Lipinski definition) is 3. The molecule has 0 radical (unpaired) electrons. The molecule has 0 unspecified atom stereocenters. The average molecular weight is 324 g/mol. The molecule has 1 N–H and O–H groups in total. The molecule has 0 atom stereocenters. The van der Waals surface area contributed by atoms with E-state index < -0.39 is 0 Å². The molecule has 102 valence electrons. The molecule has 0 fully saturated rings. The summed E-state index contributed by atoms with van der Waals surface area (Å²) >= 11 is 3.60. The van der Waals surface area contributed by atoms with E-state index in [-0.39, 0.29) is 0 Å². The molecule has 0 bridgehead atoms. The molecule has 1 aromatic heterocycles. The molecule has 0 saturated heterocycles. The van der Waals surface area contributed by atoms with Gasteiger partial charge in [0.05, 0.1) is 17.3 Å². The number of benzene rings is 1. The Morgan fingerprint density at radius 3 is 2.63 bits per heavy atom. The second kappa shape index (κ2) is 5.65. The maximum Gasteiger partial charge on any atom is 0.164 e. The fourth-order valence-corrected chi connectivity index (χ4v) is 2.78. The van der Waals surface area contributed by atoms with E-state index >= 15 is 0 Å². The lowest BCUT2D eigenvalue weighted by atomic mass is 10.1. The number of methoxy groups -OCH3 is 1. The van der Waals surface area contributed by atoms with E-state index in [0.29, 0.717) is 0 Å². The van der Waals surface area contributed by atoms with Crippen LogP contribution < -0.4 is 9.64 Å². The van der Waals surface area contributed by atoms with Crippen LogP contribution in [0.2, 0.25) is 0 Å². The second-order valence-corrected chi connectivity index (χ2v) is 5.30. The van der Waals surface area contributed by atoms with E-state index in [1.165, 1.54) is 5.56 Å². The summed E-state index contributed by atoms with van der Waals surface area (Å²) < 4.78 is 6.33. The molecule has 4 nitrogen and oxygen atoms in total. The first-order chi connectivity index (χ1) is 9.08. The predicted molar refractivity (Wildman–Crippen MR) is 82.0 cm³/mol. The first kappa shape index (κ1) is 13.9. The summed E-state index contributed by atoms with van der Waals surface area (Å²) in [6, 6.07) is 6.17. The van der Waals surface area contributed by atoms with Crippen LogP contribution >= 0.6 is 15.9 Å². The van der Waals surface area contributed by atoms with Gasteiger partial charge in [-0.3, -0.25) is 5.10 Å². The first-order valence-corrected chi connectivity index (χ1v) is 6.96. The zero-order chi connectivity index (χ0) is 14.0. The fraction of sp³-hybridized carbons (Fsp3) is 0.357. The number of hydrogen-bond donors (Lipinski definition) is 1. The SMILES string of the molecule is CCc1cc(-c2[nH]nc(N(C)C)c2Br)ccc1OC. The summed E-state index contributed by atoms with van der Waals surface area (Å²) in [5.74, 6) is 1.82. The van der Waals surface area contributed by atoms with Crippen LogP contribution in [-0.2, 0) is 6.42 Å². The number of nitrogens with one attached hydrogen (secondary N) is 1. The van der Waals surface area contributed by atoms with E-state index in [4.69, 9.17) is 4.74 Å². The number of anilines is 1. The second-order valence-electron chi connectivity index (χ2n) is 4.51. The minimum atomic E-state index is 0.892. The Morgan fingerprint density at radius 2 is 2.11 bits per heavy atom. The van der Waals surface area contributed by atoms with Gasteiger partial charge in [-0.05, 0) is 46.1 Å². The number of nitrogens with zero attached hydrogens (tertiary/aromatic N) is 2. The summed E-state index contributed by atoms with van der Waals surface area (Å²) in [5, 5.41) is 7.39. The Balaban J connectivity index is 2.47. The molecule has 2 aromatic rings. The molecule has 0 aliphatic heterocycles. The van der Waals surface area contributed by atoms with Gasteiger partial charge in [0, 0.05) is 19.7 Å². The van der Waals surface area contributed by atoms with Crippen molar-refractivity contribution >= 4 is 21.7 Å². The van der Waals surface area contributed by atoms with Gasteiger partial charge in [0.25, 0.3) is 0 Å². The highest BCUT2D eigenvalue weighted by Gasteiger charge is 2.14. The highest BCUT2D eigenvalue weighted by molar-refractivity contribution is 9.10. The van der Waals surface area contributed by atoms with Crippen LogP contribution in [0.3, 0.4) is 0 Å². The molecule has 1 aromatic carbocycles. The molecule has 5 heteroatoms. The van der Waals surface area contributed by atoms with E-state index in [0.717, 1.165) is 33.7 Å². The van der Waals surface area contributed by atoms with Gasteiger partial charge in [0.1, 0.15) is 5.75 Å². The predicted octanol–water partition coefficient (Wildman–Crippen LogP) is 3.48. The lowest BCUT2D eigenvalue weighted by Crippen LogP contribution is -2.09. The first-order valence-electron chi connectivity index (χ1n) is 6.17. The van der Waals surface area contributed by atoms with Gasteiger partial charge in [0.15, 0.2) is 5.82 Å². The van der Waals surface area contributed by atoms with Crippen molar-refractivity contribution in [2.24, 2.45) is 0 Å². The average Bonchev–Trinajstić information content (AvgIpc) is 2.80. The summed E-state index contributed by atoms with van der Waals surface area (Å²) in [4.78, 5) is 1.97. The van der Waals surface area contributed by atoms with E-state index in [2.05, 4.69) is 39.1 Å². The van der Waals surface area contributed by atoms with Gasteiger partial charge in [-0.25, -0.2) is 0 Å². The molecular formula is C14H18BrN3O. The Kier molecular flexibility index (Phi) is 4.14. The third kappa shape index (κ3) is 2.61. The lowest BCUT2D eigenvalue weighted by Gasteiger charge is -2.10. The largest absolute Gasteiger partial charge is 0.496 e. The Bertz CT molecular complexity index is 578. The minimum absolute atomic E-state index is 0.892. The normalized spacial score (nSPS) is 10.6. The third-order valence-electron chi connectivity index (χ3n) is 3.06. The smallest absolute Gasteiger partial charge is 0.164 e. The minimum Gasteiger partial charge on any atom is -0.496 e. The van der Waals surface area contributed by atoms with E-state index in [1.54, 1.807) is 7.11 Å². The molecule has 2 rings (SSSR count). The molecule has 0 aliphatic rings. The van der Waals surface area contributed by atoms with E-state index in [1.807, 2.05) is 31.1 Å². The highest BCUT2D eigenvalue weighted by atomic mass is 79.9. The summed E-state index contributed by atoms with van der Waals surface area (Å²) in [6.45, 7) is 2.12. The van der Waals surface area contributed by atoms with Gasteiger partial charge in [-0.2, -0.15) is 5.10 Å². The maximum absolute atomic E-state index is 5.35. The molecule has 0 spiro atoms. The number of H-pyrrole nitrogens is 1. The topological polar surface area (TPSA) is 41.2 Å². The van der Waals surface area contributed by atoms with Gasteiger partial charge >= 0.3 is 0 Å². The van der Waals surface area contributed by atoms with Crippen LogP contribution in [-0.4, -0.2) is 31.4 Å². The number of aryl methyl sites for hydroxylation is 1. The molecule has 0 aliphatic carbocycles. The number of halogens is 1. The van der Waals surface area contributed by atoms with Crippen LogP contribution in [0.5, 0.6) is 5.75 Å². The zero-order valence-electron chi connectivity index (χ0n) is 11.6. The lowest BCUT2D eigenvalue weighted by molar-refractivity contribution is 0.410. The molecule has 1 heterocycles. The standard InChI is InChI=1S/C14H18BrN3O/c1-5-9-8-10(6-7-11(9)19-4)13-12(15)14(17-16-13)18(2)3/h6-8H,5H2,1-4H3,(H,16,17). The maximum atomic E-state index is 5.35. The van der Waals surface area contributed by atoms with Gasteiger partial charge in [-0.1, -0.05) is 6.92 Å². The van der Waals surface area contributed by atoms with Crippen molar-refractivity contribution in [2.45, 2.75) is 13.3 Å². The summed E-state index contributed by atoms with van der Waals surface area (Å²) in [7, 11) is 5.64. The Labute approximate surface area is 121 Å². The van der Waals surface area contributed by atoms with Crippen molar-refractivity contribution in [3.05, 3.63) is 28.2 Å². The van der Waals surface area contributed by atoms with Crippen LogP contribution in [0.4, 0.5) is 5.82 Å². The monoisotopic (exact) mass is 323 g/mol. The van der Waals surface area contributed by atoms with Crippen LogP contribution in [0, 0.1) is 0 Å². The van der Waals surface area contributed by atoms with Crippen molar-refractivity contribution in [2.75, 3.05) is 26.1 Å². The van der Waals surface area contributed by atoms with Crippen molar-refractivity contribution < 1.29 is 4.74 Å². The Hall–Kier alpha value is -1.49. The fourth-order valence-electron chi connectivity index (χ4n) is 2.02. The van der Waals surface area contributed by atoms with Crippen LogP contribution in [0.25, 0.3) is 11.3 Å². The van der Waals surface area contributed by atoms with Gasteiger partial charge in [-0.15, -0.1) is 0 Å². The number of rotatable bonds is 4. The molecule has 0 amide bonds. The molecular weight excluding hydrogens is 306 g/mol. The Morgan fingerprint density at radius 1 is 1.37 bits per heavy atom. The zero-order valence-corrected chi connectivity index (χ0v) is 13.2. The van der Waals surface area contributed by atoms with Crippen LogP contribution in [0.1, 0.15) is 12.5 Å². The van der Waals surface area contributed by atoms with Crippen molar-refractivity contribution in [3.8, 4) is 17.0 Å². The van der Waals surface area contributed by atoms with Crippen LogP contribution in [0.15, 0.2) is 22.7 Å². The third-order valence-corrected chi connectivity index (χ3v) is 3.81. The highest BCUT2D eigenvalue weighted by Crippen LogP contribution is 2.35.